The van der Waals surface area contributed by atoms with Crippen molar-refractivity contribution in [1.82, 2.24) is 5.32 Å². The third-order valence-electron chi connectivity index (χ3n) is 2.70. The number of Topliss-reactive ketones (excluding diaryl/α,β-unsaturated/α-hetero) is 1. The van der Waals surface area contributed by atoms with Crippen molar-refractivity contribution < 1.29 is 19.5 Å². The van der Waals surface area contributed by atoms with Crippen LogP contribution in [0.1, 0.15) is 12.8 Å². The molecule has 1 saturated heterocycles. The summed E-state index contributed by atoms with van der Waals surface area (Å²) in [5, 5.41) is 11.2. The first-order valence-electron chi connectivity index (χ1n) is 4.70. The lowest BCUT2D eigenvalue weighted by atomic mass is 9.82. The second kappa shape index (κ2) is 3.45. The van der Waals surface area contributed by atoms with Gasteiger partial charge in [-0.2, -0.15) is 0 Å². The maximum absolute atomic E-state index is 11.7. The fraction of sp³-hybridized carbons (Fsp3) is 0.556. The second-order valence-electron chi connectivity index (χ2n) is 3.64. The third kappa shape index (κ3) is 1.51. The molecule has 0 aromatic heterocycles. The first kappa shape index (κ1) is 9.82. The van der Waals surface area contributed by atoms with Crippen LogP contribution in [-0.4, -0.2) is 35.1 Å². The van der Waals surface area contributed by atoms with Gasteiger partial charge in [0.25, 0.3) is 0 Å². The molecule has 0 aromatic rings. The number of nitrogens with one attached hydrogen (secondary N) is 1. The summed E-state index contributed by atoms with van der Waals surface area (Å²) in [5.74, 6) is -4.69. The van der Waals surface area contributed by atoms with Crippen LogP contribution in [0.4, 0.5) is 0 Å². The highest BCUT2D eigenvalue weighted by Gasteiger charge is 2.47. The number of carboxylic acids is 1. The lowest BCUT2D eigenvalue weighted by Gasteiger charge is -2.33. The molecule has 2 N–H and O–H groups in total. The van der Waals surface area contributed by atoms with Gasteiger partial charge >= 0.3 is 5.97 Å². The van der Waals surface area contributed by atoms with Gasteiger partial charge in [-0.05, 0) is 12.8 Å². The van der Waals surface area contributed by atoms with Gasteiger partial charge in [0, 0.05) is 6.21 Å². The molecule has 0 bridgehead atoms. The molecule has 0 radical (unpaired) electrons. The predicted molar refractivity (Wildman–Crippen MR) is 49.3 cm³/mol. The Bertz CT molecular complexity index is 363. The fourth-order valence-corrected chi connectivity index (χ4v) is 1.95. The molecule has 2 rings (SSSR count). The highest BCUT2D eigenvalue weighted by molar-refractivity contribution is 6.18. The van der Waals surface area contributed by atoms with Crippen LogP contribution in [0.3, 0.4) is 0 Å². The SMILES string of the molecule is O=C(O)C1C(=O)NC2N=CCCC2C1=O. The van der Waals surface area contributed by atoms with Crippen molar-refractivity contribution in [1.29, 1.82) is 0 Å². The van der Waals surface area contributed by atoms with Crippen LogP contribution in [0.15, 0.2) is 4.99 Å². The molecule has 0 spiro atoms. The van der Waals surface area contributed by atoms with Gasteiger partial charge in [-0.1, -0.05) is 0 Å². The van der Waals surface area contributed by atoms with Crippen LogP contribution in [0.5, 0.6) is 0 Å². The number of carboxylic acid groups (broad SMARTS) is 1. The third-order valence-corrected chi connectivity index (χ3v) is 2.70. The lowest BCUT2D eigenvalue weighted by Crippen LogP contribution is -2.57. The van der Waals surface area contributed by atoms with Crippen LogP contribution in [0, 0.1) is 11.8 Å². The lowest BCUT2D eigenvalue weighted by molar-refractivity contribution is -0.155. The number of aliphatic imine (C=N–C) groups is 1. The largest absolute Gasteiger partial charge is 0.480 e. The van der Waals surface area contributed by atoms with E-state index in [9.17, 15) is 14.4 Å². The molecule has 1 amide bonds. The Hall–Kier alpha value is -1.72. The van der Waals surface area contributed by atoms with Gasteiger partial charge in [0.15, 0.2) is 11.7 Å². The van der Waals surface area contributed by atoms with Gasteiger partial charge in [0.2, 0.25) is 5.91 Å². The van der Waals surface area contributed by atoms with Crippen LogP contribution in [0.25, 0.3) is 0 Å². The number of ketones is 1. The Morgan fingerprint density at radius 3 is 2.93 bits per heavy atom. The van der Waals surface area contributed by atoms with Crippen molar-refractivity contribution in [2.75, 3.05) is 0 Å². The van der Waals surface area contributed by atoms with Crippen molar-refractivity contribution in [3.63, 3.8) is 0 Å². The maximum Gasteiger partial charge on any atom is 0.323 e. The number of nitrogens with zero attached hydrogens (tertiary/aromatic N) is 1. The van der Waals surface area contributed by atoms with E-state index in [2.05, 4.69) is 10.3 Å². The summed E-state index contributed by atoms with van der Waals surface area (Å²) in [6.45, 7) is 0. The molecule has 6 heteroatoms. The van der Waals surface area contributed by atoms with Crippen molar-refractivity contribution in [2.45, 2.75) is 19.0 Å². The first-order chi connectivity index (χ1) is 7.11. The average Bonchev–Trinajstić information content (AvgIpc) is 2.17. The zero-order chi connectivity index (χ0) is 11.0. The highest BCUT2D eigenvalue weighted by atomic mass is 16.4. The van der Waals surface area contributed by atoms with Gasteiger partial charge in [-0.3, -0.25) is 19.4 Å². The smallest absolute Gasteiger partial charge is 0.323 e. The number of hydrogen-bond donors (Lipinski definition) is 2. The van der Waals surface area contributed by atoms with Crippen molar-refractivity contribution in [3.8, 4) is 0 Å². The summed E-state index contributed by atoms with van der Waals surface area (Å²) in [6.07, 6.45) is 2.29. The number of carbonyl (C=O) groups excluding carboxylic acids is 2. The molecular weight excluding hydrogens is 200 g/mol. The van der Waals surface area contributed by atoms with E-state index in [1.165, 1.54) is 0 Å². The number of carbonyl (C=O) groups is 3. The number of hydrogen-bond acceptors (Lipinski definition) is 4. The van der Waals surface area contributed by atoms with E-state index in [0.29, 0.717) is 12.8 Å². The minimum atomic E-state index is -1.56. The summed E-state index contributed by atoms with van der Waals surface area (Å²) < 4.78 is 0. The van der Waals surface area contributed by atoms with Gasteiger partial charge in [-0.15, -0.1) is 0 Å². The average molecular weight is 210 g/mol. The van der Waals surface area contributed by atoms with Crippen molar-refractivity contribution in [2.24, 2.45) is 16.8 Å². The number of rotatable bonds is 1. The number of amides is 1. The van der Waals surface area contributed by atoms with Crippen LogP contribution < -0.4 is 5.32 Å². The number of aliphatic carboxylic acids is 1. The van der Waals surface area contributed by atoms with Crippen LogP contribution >= 0.6 is 0 Å². The molecule has 3 atom stereocenters. The monoisotopic (exact) mass is 210 g/mol. The van der Waals surface area contributed by atoms with E-state index in [1.54, 1.807) is 6.21 Å². The van der Waals surface area contributed by atoms with E-state index in [4.69, 9.17) is 5.11 Å². The zero-order valence-corrected chi connectivity index (χ0v) is 7.84. The van der Waals surface area contributed by atoms with Crippen molar-refractivity contribution >= 4 is 23.9 Å². The van der Waals surface area contributed by atoms with Crippen molar-refractivity contribution in [3.05, 3.63) is 0 Å². The molecule has 0 aliphatic carbocycles. The Morgan fingerprint density at radius 1 is 1.53 bits per heavy atom. The number of fused-ring (bicyclic) bond motifs is 1. The van der Waals surface area contributed by atoms with E-state index in [0.717, 1.165) is 0 Å². The topological polar surface area (TPSA) is 95.8 Å². The standard InChI is InChI=1S/C9H10N2O4/c12-6-4-2-1-3-10-7(4)11-8(13)5(6)9(14)15/h3-5,7H,1-2H2,(H,11,13)(H,14,15). The molecule has 2 aliphatic heterocycles. The second-order valence-corrected chi connectivity index (χ2v) is 3.64. The van der Waals surface area contributed by atoms with Gasteiger partial charge in [0.05, 0.1) is 5.92 Å². The predicted octanol–water partition coefficient (Wildman–Crippen LogP) is -0.807. The van der Waals surface area contributed by atoms with Crippen LogP contribution in [0.2, 0.25) is 0 Å². The Labute approximate surface area is 85.4 Å². The molecule has 2 heterocycles. The maximum atomic E-state index is 11.7. The Morgan fingerprint density at radius 2 is 2.27 bits per heavy atom. The first-order valence-corrected chi connectivity index (χ1v) is 4.70. The van der Waals surface area contributed by atoms with Gasteiger partial charge in [-0.25, -0.2) is 0 Å². The molecule has 80 valence electrons. The normalized spacial score (nSPS) is 34.5. The van der Waals surface area contributed by atoms with Gasteiger partial charge < -0.3 is 10.4 Å². The molecule has 0 aromatic carbocycles. The molecular formula is C9H10N2O4. The van der Waals surface area contributed by atoms with Crippen LogP contribution in [-0.2, 0) is 14.4 Å². The molecule has 15 heavy (non-hydrogen) atoms. The summed E-state index contributed by atoms with van der Waals surface area (Å²) in [6, 6.07) is 0. The Balaban J connectivity index is 2.28. The molecule has 6 nitrogen and oxygen atoms in total. The van der Waals surface area contributed by atoms with E-state index in [-0.39, 0.29) is 0 Å². The highest BCUT2D eigenvalue weighted by Crippen LogP contribution is 2.25. The van der Waals surface area contributed by atoms with Gasteiger partial charge in [0.1, 0.15) is 6.17 Å². The quantitative estimate of drug-likeness (QED) is 0.553. The molecule has 3 unspecified atom stereocenters. The molecule has 2 aliphatic rings. The minimum absolute atomic E-state index is 0.478. The van der Waals surface area contributed by atoms with E-state index in [1.807, 2.05) is 0 Å². The Kier molecular flexibility index (Phi) is 2.26. The van der Waals surface area contributed by atoms with E-state index < -0.39 is 35.7 Å². The number of piperidine rings is 1. The summed E-state index contributed by atoms with van der Waals surface area (Å²) in [4.78, 5) is 37.7. The zero-order valence-electron chi connectivity index (χ0n) is 7.84. The van der Waals surface area contributed by atoms with E-state index >= 15 is 0 Å². The molecule has 1 fully saturated rings. The minimum Gasteiger partial charge on any atom is -0.480 e. The fourth-order valence-electron chi connectivity index (χ4n) is 1.95. The summed E-state index contributed by atoms with van der Waals surface area (Å²) in [5.41, 5.74) is 0. The summed E-state index contributed by atoms with van der Waals surface area (Å²) >= 11 is 0. The molecule has 0 saturated carbocycles. The summed E-state index contributed by atoms with van der Waals surface area (Å²) in [7, 11) is 0.